The fourth-order valence-corrected chi connectivity index (χ4v) is 12.8. The van der Waals surface area contributed by atoms with Crippen LogP contribution in [0.2, 0.25) is 0 Å². The SMILES string of the molecule is CCCCCCCCCCCCCCCCCC(=O)OC[C@H](COP(=O)(O)OC[C@@H](O)COP(=O)(O)OC[C@@H](COC(=O)CCCCCCCCC(C)CC)OC(=O)CCCCCCCCCCCCC(C)C)OC(=O)CCCCCCCCCCCCCCCCC. The van der Waals surface area contributed by atoms with Crippen LogP contribution >= 0.6 is 15.6 Å². The first-order valence-corrected chi connectivity index (χ1v) is 41.5. The van der Waals surface area contributed by atoms with Crippen LogP contribution in [0.25, 0.3) is 0 Å². The van der Waals surface area contributed by atoms with Crippen molar-refractivity contribution in [2.24, 2.45) is 11.8 Å². The van der Waals surface area contributed by atoms with Gasteiger partial charge in [-0.1, -0.05) is 330 Å². The Hall–Kier alpha value is -1.94. The standard InChI is InChI=1S/C74H144O17P2/c1-7-10-12-14-16-18-20-22-24-26-28-33-37-44-50-56-71(76)84-62-69(90-73(78)58-52-46-38-34-29-27-25-23-21-19-17-15-13-11-8-2)64-88-92(80,81)86-60-68(75)61-87-93(82,83)89-65-70(63-85-72(77)57-51-45-41-40-43-49-55-67(6)9-3)91-74(79)59-53-47-39-35-31-30-32-36-42-48-54-66(4)5/h66-70,75H,7-65H2,1-6H3,(H,80,81)(H,82,83)/t67?,68-,69-,70-/m1/s1. The van der Waals surface area contributed by atoms with Gasteiger partial charge >= 0.3 is 39.5 Å². The molecule has 0 aromatic heterocycles. The van der Waals surface area contributed by atoms with Crippen molar-refractivity contribution < 1.29 is 80.2 Å². The second-order valence-corrected chi connectivity index (χ2v) is 30.3. The summed E-state index contributed by atoms with van der Waals surface area (Å²) in [6.45, 7) is 9.54. The number of unbranched alkanes of at least 4 members (excludes halogenated alkanes) is 42. The number of carbonyl (C=O) groups excluding carboxylic acids is 4. The van der Waals surface area contributed by atoms with Crippen LogP contribution in [0.5, 0.6) is 0 Å². The number of aliphatic hydroxyl groups is 1. The lowest BCUT2D eigenvalue weighted by Crippen LogP contribution is -2.30. The van der Waals surface area contributed by atoms with Gasteiger partial charge in [-0.15, -0.1) is 0 Å². The highest BCUT2D eigenvalue weighted by atomic mass is 31.2. The van der Waals surface area contributed by atoms with Crippen molar-refractivity contribution in [1.29, 1.82) is 0 Å². The molecule has 552 valence electrons. The summed E-state index contributed by atoms with van der Waals surface area (Å²) in [5.41, 5.74) is 0. The van der Waals surface area contributed by atoms with Gasteiger partial charge in [0.1, 0.15) is 19.3 Å². The average Bonchev–Trinajstić information content (AvgIpc) is 1.86. The summed E-state index contributed by atoms with van der Waals surface area (Å²) in [5.74, 6) is -0.635. The van der Waals surface area contributed by atoms with Crippen molar-refractivity contribution in [2.45, 2.75) is 400 Å². The molecule has 3 unspecified atom stereocenters. The third-order valence-corrected chi connectivity index (χ3v) is 19.5. The van der Waals surface area contributed by atoms with Gasteiger partial charge in [-0.2, -0.15) is 0 Å². The number of phosphoric ester groups is 2. The van der Waals surface area contributed by atoms with Crippen molar-refractivity contribution in [3.8, 4) is 0 Å². The molecule has 93 heavy (non-hydrogen) atoms. The first kappa shape index (κ1) is 91.1. The predicted molar refractivity (Wildman–Crippen MR) is 377 cm³/mol. The summed E-state index contributed by atoms with van der Waals surface area (Å²) < 4.78 is 68.5. The molecule has 6 atom stereocenters. The molecule has 0 aliphatic heterocycles. The highest BCUT2D eigenvalue weighted by molar-refractivity contribution is 7.47. The summed E-state index contributed by atoms with van der Waals surface area (Å²) >= 11 is 0. The molecule has 0 rings (SSSR count). The Labute approximate surface area is 568 Å². The van der Waals surface area contributed by atoms with Crippen molar-refractivity contribution in [1.82, 2.24) is 0 Å². The van der Waals surface area contributed by atoms with Crippen molar-refractivity contribution in [3.63, 3.8) is 0 Å². The summed E-state index contributed by atoms with van der Waals surface area (Å²) in [6.07, 6.45) is 52.6. The number of hydrogen-bond donors (Lipinski definition) is 3. The largest absolute Gasteiger partial charge is 0.472 e. The summed E-state index contributed by atoms with van der Waals surface area (Å²) in [5, 5.41) is 10.6. The highest BCUT2D eigenvalue weighted by Crippen LogP contribution is 2.45. The molecule has 0 radical (unpaired) electrons. The van der Waals surface area contributed by atoms with E-state index in [1.165, 1.54) is 193 Å². The van der Waals surface area contributed by atoms with Crippen molar-refractivity contribution in [2.75, 3.05) is 39.6 Å². The van der Waals surface area contributed by atoms with Gasteiger partial charge < -0.3 is 33.8 Å². The van der Waals surface area contributed by atoms with Crippen molar-refractivity contribution >= 4 is 39.5 Å². The van der Waals surface area contributed by atoms with Gasteiger partial charge in [0.25, 0.3) is 0 Å². The van der Waals surface area contributed by atoms with E-state index in [-0.39, 0.29) is 25.7 Å². The van der Waals surface area contributed by atoms with E-state index in [0.29, 0.717) is 25.7 Å². The van der Waals surface area contributed by atoms with Crippen LogP contribution in [-0.2, 0) is 65.4 Å². The molecular formula is C74H144O17P2. The zero-order valence-electron chi connectivity index (χ0n) is 60.6. The quantitative estimate of drug-likeness (QED) is 0.0222. The number of carbonyl (C=O) groups is 4. The van der Waals surface area contributed by atoms with Crippen LogP contribution in [0.4, 0.5) is 0 Å². The maximum absolute atomic E-state index is 13.1. The number of hydrogen-bond acceptors (Lipinski definition) is 15. The second-order valence-electron chi connectivity index (χ2n) is 27.4. The Balaban J connectivity index is 5.26. The lowest BCUT2D eigenvalue weighted by Gasteiger charge is -2.21. The minimum absolute atomic E-state index is 0.105. The van der Waals surface area contributed by atoms with Gasteiger partial charge in [0, 0.05) is 25.7 Å². The van der Waals surface area contributed by atoms with Gasteiger partial charge in [0.2, 0.25) is 0 Å². The van der Waals surface area contributed by atoms with Crippen LogP contribution in [0.15, 0.2) is 0 Å². The molecule has 0 spiro atoms. The number of phosphoric acid groups is 2. The van der Waals surface area contributed by atoms with Crippen LogP contribution in [0, 0.1) is 11.8 Å². The van der Waals surface area contributed by atoms with Gasteiger partial charge in [0.15, 0.2) is 12.2 Å². The Bertz CT molecular complexity index is 1810. The van der Waals surface area contributed by atoms with E-state index in [4.69, 9.17) is 37.0 Å². The summed E-state index contributed by atoms with van der Waals surface area (Å²) in [6, 6.07) is 0. The lowest BCUT2D eigenvalue weighted by atomic mass is 10.00. The Morgan fingerprint density at radius 2 is 0.548 bits per heavy atom. The molecule has 3 N–H and O–H groups in total. The van der Waals surface area contributed by atoms with Crippen molar-refractivity contribution in [3.05, 3.63) is 0 Å². The molecule has 0 saturated heterocycles. The van der Waals surface area contributed by atoms with E-state index >= 15 is 0 Å². The summed E-state index contributed by atoms with van der Waals surface area (Å²) in [7, 11) is -9.91. The normalized spacial score (nSPS) is 14.3. The minimum atomic E-state index is -4.96. The van der Waals surface area contributed by atoms with Gasteiger partial charge in [-0.25, -0.2) is 9.13 Å². The van der Waals surface area contributed by atoms with Gasteiger partial charge in [0.05, 0.1) is 26.4 Å². The topological polar surface area (TPSA) is 237 Å². The van der Waals surface area contributed by atoms with E-state index in [1.807, 2.05) is 0 Å². The van der Waals surface area contributed by atoms with E-state index in [0.717, 1.165) is 108 Å². The van der Waals surface area contributed by atoms with E-state index < -0.39 is 97.5 Å². The first-order valence-electron chi connectivity index (χ1n) is 38.5. The summed E-state index contributed by atoms with van der Waals surface area (Å²) in [4.78, 5) is 72.7. The first-order chi connectivity index (χ1) is 44.9. The van der Waals surface area contributed by atoms with E-state index in [1.54, 1.807) is 0 Å². The third-order valence-electron chi connectivity index (χ3n) is 17.6. The molecule has 0 saturated carbocycles. The third kappa shape index (κ3) is 67.0. The smallest absolute Gasteiger partial charge is 0.462 e. The Morgan fingerprint density at radius 3 is 0.817 bits per heavy atom. The molecule has 0 aliphatic rings. The van der Waals surface area contributed by atoms with E-state index in [2.05, 4.69) is 41.5 Å². The predicted octanol–water partition coefficient (Wildman–Crippen LogP) is 21.6. The monoisotopic (exact) mass is 1370 g/mol. The zero-order valence-corrected chi connectivity index (χ0v) is 62.3. The molecule has 0 heterocycles. The Morgan fingerprint density at radius 1 is 0.312 bits per heavy atom. The number of aliphatic hydroxyl groups excluding tert-OH is 1. The van der Waals surface area contributed by atoms with Crippen LogP contribution in [0.3, 0.4) is 0 Å². The Kier molecular flexibility index (Phi) is 64.6. The maximum Gasteiger partial charge on any atom is 0.472 e. The number of esters is 4. The molecule has 0 fully saturated rings. The average molecular weight is 1370 g/mol. The van der Waals surface area contributed by atoms with E-state index in [9.17, 15) is 43.2 Å². The van der Waals surface area contributed by atoms with Crippen LogP contribution in [0.1, 0.15) is 382 Å². The molecule has 17 nitrogen and oxygen atoms in total. The van der Waals surface area contributed by atoms with Crippen LogP contribution in [-0.4, -0.2) is 96.7 Å². The fourth-order valence-electron chi connectivity index (χ4n) is 11.3. The van der Waals surface area contributed by atoms with Gasteiger partial charge in [-0.3, -0.25) is 37.3 Å². The molecule has 0 bridgehead atoms. The lowest BCUT2D eigenvalue weighted by molar-refractivity contribution is -0.161. The minimum Gasteiger partial charge on any atom is -0.462 e. The second kappa shape index (κ2) is 66.0. The molecule has 0 aliphatic carbocycles. The highest BCUT2D eigenvalue weighted by Gasteiger charge is 2.30. The zero-order chi connectivity index (χ0) is 68.6. The maximum atomic E-state index is 13.1. The van der Waals surface area contributed by atoms with Crippen LogP contribution < -0.4 is 0 Å². The fraction of sp³-hybridized carbons (Fsp3) is 0.946. The molecule has 0 amide bonds. The molecular weight excluding hydrogens is 1220 g/mol. The molecule has 19 heteroatoms. The number of rotatable bonds is 73. The number of ether oxygens (including phenoxy) is 4. The van der Waals surface area contributed by atoms with Gasteiger partial charge in [-0.05, 0) is 37.5 Å². The molecule has 0 aromatic carbocycles. The molecule has 0 aromatic rings.